The first kappa shape index (κ1) is 14.6. The standard InChI is InChI=1S/C18H23NO/c1-13(2)17-11-16(10-9-14(17)3)20-12-18(19)15-7-5-4-6-8-15/h4-11,13,18H,12,19H2,1-3H3. The quantitative estimate of drug-likeness (QED) is 0.883. The van der Waals surface area contributed by atoms with Crippen LogP contribution in [0.15, 0.2) is 48.5 Å². The number of hydrogen-bond donors (Lipinski definition) is 1. The van der Waals surface area contributed by atoms with Crippen LogP contribution in [0.4, 0.5) is 0 Å². The molecular weight excluding hydrogens is 246 g/mol. The Morgan fingerprint density at radius 2 is 1.75 bits per heavy atom. The van der Waals surface area contributed by atoms with Gasteiger partial charge in [0, 0.05) is 0 Å². The van der Waals surface area contributed by atoms with Gasteiger partial charge in [0.1, 0.15) is 12.4 Å². The fourth-order valence-corrected chi connectivity index (χ4v) is 2.31. The van der Waals surface area contributed by atoms with Gasteiger partial charge in [-0.15, -0.1) is 0 Å². The minimum atomic E-state index is -0.0972. The Balaban J connectivity index is 2.02. The van der Waals surface area contributed by atoms with E-state index in [1.54, 1.807) is 0 Å². The average molecular weight is 269 g/mol. The lowest BCUT2D eigenvalue weighted by molar-refractivity contribution is 0.290. The minimum absolute atomic E-state index is 0.0972. The molecule has 106 valence electrons. The van der Waals surface area contributed by atoms with Crippen molar-refractivity contribution in [2.75, 3.05) is 6.61 Å². The Bertz CT molecular complexity index is 549. The monoisotopic (exact) mass is 269 g/mol. The van der Waals surface area contributed by atoms with Crippen LogP contribution in [0.5, 0.6) is 5.75 Å². The van der Waals surface area contributed by atoms with Crippen LogP contribution in [0.25, 0.3) is 0 Å². The van der Waals surface area contributed by atoms with Crippen LogP contribution in [0.2, 0.25) is 0 Å². The maximum Gasteiger partial charge on any atom is 0.119 e. The van der Waals surface area contributed by atoms with Crippen LogP contribution in [-0.4, -0.2) is 6.61 Å². The van der Waals surface area contributed by atoms with Gasteiger partial charge in [0.2, 0.25) is 0 Å². The van der Waals surface area contributed by atoms with Crippen LogP contribution in [0, 0.1) is 6.92 Å². The lowest BCUT2D eigenvalue weighted by Gasteiger charge is -2.16. The molecule has 2 aromatic carbocycles. The Morgan fingerprint density at radius 1 is 1.05 bits per heavy atom. The molecule has 1 unspecified atom stereocenters. The molecule has 0 amide bonds. The van der Waals surface area contributed by atoms with Gasteiger partial charge in [-0.2, -0.15) is 0 Å². The first-order valence-corrected chi connectivity index (χ1v) is 7.12. The SMILES string of the molecule is Cc1ccc(OCC(N)c2ccccc2)cc1C(C)C. The van der Waals surface area contributed by atoms with Crippen LogP contribution in [-0.2, 0) is 0 Å². The molecule has 2 heteroatoms. The highest BCUT2D eigenvalue weighted by molar-refractivity contribution is 5.36. The molecule has 2 rings (SSSR count). The topological polar surface area (TPSA) is 35.2 Å². The Kier molecular flexibility index (Phi) is 4.80. The van der Waals surface area contributed by atoms with Crippen molar-refractivity contribution >= 4 is 0 Å². The lowest BCUT2D eigenvalue weighted by atomic mass is 9.98. The maximum absolute atomic E-state index is 6.15. The Hall–Kier alpha value is -1.80. The lowest BCUT2D eigenvalue weighted by Crippen LogP contribution is -2.18. The molecule has 20 heavy (non-hydrogen) atoms. The van der Waals surface area contributed by atoms with Crippen LogP contribution < -0.4 is 10.5 Å². The molecule has 0 saturated carbocycles. The third-order valence-electron chi connectivity index (χ3n) is 3.53. The maximum atomic E-state index is 6.15. The summed E-state index contributed by atoms with van der Waals surface area (Å²) in [6.45, 7) is 7.02. The molecule has 0 aliphatic heterocycles. The summed E-state index contributed by atoms with van der Waals surface area (Å²) >= 11 is 0. The molecular formula is C18H23NO. The van der Waals surface area contributed by atoms with Gasteiger partial charge < -0.3 is 10.5 Å². The number of aryl methyl sites for hydroxylation is 1. The van der Waals surface area contributed by atoms with Crippen LogP contribution >= 0.6 is 0 Å². The van der Waals surface area contributed by atoms with E-state index < -0.39 is 0 Å². The van der Waals surface area contributed by atoms with Crippen molar-refractivity contribution < 1.29 is 4.74 Å². The Labute approximate surface area is 121 Å². The van der Waals surface area contributed by atoms with Gasteiger partial charge in [0.05, 0.1) is 6.04 Å². The predicted molar refractivity (Wildman–Crippen MR) is 84.1 cm³/mol. The summed E-state index contributed by atoms with van der Waals surface area (Å²) < 4.78 is 5.84. The highest BCUT2D eigenvalue weighted by Crippen LogP contribution is 2.24. The van der Waals surface area contributed by atoms with E-state index in [1.807, 2.05) is 36.4 Å². The normalized spacial score (nSPS) is 12.4. The number of nitrogens with two attached hydrogens (primary N) is 1. The highest BCUT2D eigenvalue weighted by atomic mass is 16.5. The molecule has 0 aliphatic rings. The summed E-state index contributed by atoms with van der Waals surface area (Å²) in [5.74, 6) is 1.40. The summed E-state index contributed by atoms with van der Waals surface area (Å²) in [4.78, 5) is 0. The molecule has 2 N–H and O–H groups in total. The van der Waals surface area contributed by atoms with Gasteiger partial charge in [0.15, 0.2) is 0 Å². The van der Waals surface area contributed by atoms with E-state index in [4.69, 9.17) is 10.5 Å². The van der Waals surface area contributed by atoms with E-state index in [0.717, 1.165) is 11.3 Å². The molecule has 0 radical (unpaired) electrons. The number of hydrogen-bond acceptors (Lipinski definition) is 2. The Morgan fingerprint density at radius 3 is 2.40 bits per heavy atom. The van der Waals surface area contributed by atoms with Gasteiger partial charge in [-0.3, -0.25) is 0 Å². The zero-order valence-corrected chi connectivity index (χ0v) is 12.5. The van der Waals surface area contributed by atoms with E-state index >= 15 is 0 Å². The van der Waals surface area contributed by atoms with Crippen molar-refractivity contribution in [1.29, 1.82) is 0 Å². The summed E-state index contributed by atoms with van der Waals surface area (Å²) in [5.41, 5.74) is 9.88. The van der Waals surface area contributed by atoms with Crippen molar-refractivity contribution in [3.8, 4) is 5.75 Å². The highest BCUT2D eigenvalue weighted by Gasteiger charge is 2.08. The number of benzene rings is 2. The summed E-state index contributed by atoms with van der Waals surface area (Å²) in [6, 6.07) is 16.2. The molecule has 1 atom stereocenters. The fraction of sp³-hybridized carbons (Fsp3) is 0.333. The number of ether oxygens (including phenoxy) is 1. The largest absolute Gasteiger partial charge is 0.492 e. The summed E-state index contributed by atoms with van der Waals surface area (Å²) in [7, 11) is 0. The smallest absolute Gasteiger partial charge is 0.119 e. The van der Waals surface area contributed by atoms with Crippen molar-refractivity contribution in [2.45, 2.75) is 32.7 Å². The van der Waals surface area contributed by atoms with E-state index in [2.05, 4.69) is 32.9 Å². The molecule has 2 nitrogen and oxygen atoms in total. The molecule has 0 spiro atoms. The summed E-state index contributed by atoms with van der Waals surface area (Å²) in [5, 5.41) is 0. The summed E-state index contributed by atoms with van der Waals surface area (Å²) in [6.07, 6.45) is 0. The van der Waals surface area contributed by atoms with Crippen molar-refractivity contribution in [1.82, 2.24) is 0 Å². The van der Waals surface area contributed by atoms with Crippen molar-refractivity contribution in [2.24, 2.45) is 5.73 Å². The second-order valence-electron chi connectivity index (χ2n) is 5.50. The van der Waals surface area contributed by atoms with Gasteiger partial charge >= 0.3 is 0 Å². The molecule has 0 fully saturated rings. The second kappa shape index (κ2) is 6.58. The van der Waals surface area contributed by atoms with Gasteiger partial charge in [-0.05, 0) is 41.7 Å². The molecule has 0 heterocycles. The molecule has 2 aromatic rings. The molecule has 0 aromatic heterocycles. The van der Waals surface area contributed by atoms with E-state index in [0.29, 0.717) is 12.5 Å². The molecule has 0 bridgehead atoms. The van der Waals surface area contributed by atoms with E-state index in [9.17, 15) is 0 Å². The first-order chi connectivity index (χ1) is 9.58. The van der Waals surface area contributed by atoms with Crippen molar-refractivity contribution in [3.05, 3.63) is 65.2 Å². The van der Waals surface area contributed by atoms with Gasteiger partial charge in [0.25, 0.3) is 0 Å². The van der Waals surface area contributed by atoms with Gasteiger partial charge in [-0.1, -0.05) is 50.2 Å². The minimum Gasteiger partial charge on any atom is -0.492 e. The van der Waals surface area contributed by atoms with E-state index in [-0.39, 0.29) is 6.04 Å². The van der Waals surface area contributed by atoms with Crippen molar-refractivity contribution in [3.63, 3.8) is 0 Å². The molecule has 0 saturated heterocycles. The molecule has 0 aliphatic carbocycles. The third kappa shape index (κ3) is 3.61. The fourth-order valence-electron chi connectivity index (χ4n) is 2.31. The zero-order valence-electron chi connectivity index (χ0n) is 12.5. The third-order valence-corrected chi connectivity index (χ3v) is 3.53. The average Bonchev–Trinajstić information content (AvgIpc) is 2.46. The van der Waals surface area contributed by atoms with Crippen LogP contribution in [0.3, 0.4) is 0 Å². The first-order valence-electron chi connectivity index (χ1n) is 7.12. The van der Waals surface area contributed by atoms with E-state index in [1.165, 1.54) is 11.1 Å². The second-order valence-corrected chi connectivity index (χ2v) is 5.50. The number of rotatable bonds is 5. The predicted octanol–water partition coefficient (Wildman–Crippen LogP) is 4.20. The van der Waals surface area contributed by atoms with Crippen LogP contribution in [0.1, 0.15) is 42.5 Å². The zero-order chi connectivity index (χ0) is 14.5. The van der Waals surface area contributed by atoms with Gasteiger partial charge in [-0.25, -0.2) is 0 Å².